The van der Waals surface area contributed by atoms with Gasteiger partial charge in [-0.25, -0.2) is 0 Å². The maximum absolute atomic E-state index is 10.7. The number of carbonyl (C=O) groups is 1. The molecule has 0 aliphatic carbocycles. The van der Waals surface area contributed by atoms with Crippen molar-refractivity contribution in [3.8, 4) is 17.2 Å². The van der Waals surface area contributed by atoms with E-state index >= 15 is 0 Å². The minimum atomic E-state index is -0.879. The molecule has 5 nitrogen and oxygen atoms in total. The molecule has 21 heavy (non-hydrogen) atoms. The molecule has 0 saturated carbocycles. The Morgan fingerprint density at radius 3 is 2.71 bits per heavy atom. The summed E-state index contributed by atoms with van der Waals surface area (Å²) in [7, 11) is 1.59. The van der Waals surface area contributed by atoms with Crippen LogP contribution in [-0.2, 0) is 11.2 Å². The summed E-state index contributed by atoms with van der Waals surface area (Å²) >= 11 is 0. The van der Waals surface area contributed by atoms with Gasteiger partial charge in [-0.15, -0.1) is 0 Å². The van der Waals surface area contributed by atoms with Crippen molar-refractivity contribution in [1.29, 1.82) is 0 Å². The van der Waals surface area contributed by atoms with Crippen LogP contribution in [0.4, 0.5) is 0 Å². The highest BCUT2D eigenvalue weighted by atomic mass is 16.7. The van der Waals surface area contributed by atoms with Gasteiger partial charge in [0.1, 0.15) is 5.75 Å². The fraction of sp³-hybridized carbons (Fsp3) is 0.188. The van der Waals surface area contributed by atoms with Crippen molar-refractivity contribution in [2.75, 3.05) is 7.11 Å². The van der Waals surface area contributed by atoms with E-state index in [9.17, 15) is 4.79 Å². The summed E-state index contributed by atoms with van der Waals surface area (Å²) in [5.74, 6) is 0.945. The first-order valence-electron chi connectivity index (χ1n) is 6.48. The van der Waals surface area contributed by atoms with Gasteiger partial charge in [-0.1, -0.05) is 18.2 Å². The van der Waals surface area contributed by atoms with Crippen LogP contribution in [0, 0.1) is 0 Å². The van der Waals surface area contributed by atoms with Crippen LogP contribution in [0.3, 0.4) is 0 Å². The molecule has 0 amide bonds. The number of rotatable bonds is 4. The summed E-state index contributed by atoms with van der Waals surface area (Å²) in [6.45, 7) is 0. The van der Waals surface area contributed by atoms with E-state index in [0.717, 1.165) is 5.56 Å². The zero-order chi connectivity index (χ0) is 14.8. The molecule has 1 N–H and O–H groups in total. The van der Waals surface area contributed by atoms with Gasteiger partial charge in [0.25, 0.3) is 6.29 Å². The average molecular weight is 286 g/mol. The fourth-order valence-electron chi connectivity index (χ4n) is 2.27. The van der Waals surface area contributed by atoms with E-state index < -0.39 is 12.3 Å². The molecule has 0 spiro atoms. The Bertz CT molecular complexity index is 680. The molecule has 1 atom stereocenters. The third kappa shape index (κ3) is 2.63. The van der Waals surface area contributed by atoms with Gasteiger partial charge in [0.05, 0.1) is 19.1 Å². The van der Waals surface area contributed by atoms with Gasteiger partial charge < -0.3 is 19.3 Å². The van der Waals surface area contributed by atoms with E-state index in [2.05, 4.69) is 0 Å². The second kappa shape index (κ2) is 5.36. The van der Waals surface area contributed by atoms with E-state index in [1.54, 1.807) is 25.3 Å². The maximum atomic E-state index is 10.7. The minimum absolute atomic E-state index is 0.0457. The van der Waals surface area contributed by atoms with Gasteiger partial charge in [-0.2, -0.15) is 0 Å². The largest absolute Gasteiger partial charge is 0.496 e. The van der Waals surface area contributed by atoms with Crippen molar-refractivity contribution >= 4 is 5.97 Å². The molecule has 108 valence electrons. The van der Waals surface area contributed by atoms with Crippen molar-refractivity contribution in [3.63, 3.8) is 0 Å². The van der Waals surface area contributed by atoms with Crippen molar-refractivity contribution in [2.45, 2.75) is 12.7 Å². The number of hydrogen-bond acceptors (Lipinski definition) is 4. The number of para-hydroxylation sites is 1. The zero-order valence-corrected chi connectivity index (χ0v) is 11.4. The van der Waals surface area contributed by atoms with E-state index in [0.29, 0.717) is 22.8 Å². The van der Waals surface area contributed by atoms with Gasteiger partial charge in [-0.05, 0) is 29.8 Å². The Morgan fingerprint density at radius 2 is 1.95 bits per heavy atom. The zero-order valence-electron chi connectivity index (χ0n) is 11.4. The molecule has 2 aromatic carbocycles. The highest BCUT2D eigenvalue weighted by Gasteiger charge is 2.28. The molecule has 5 heteroatoms. The molecule has 0 bridgehead atoms. The third-order valence-corrected chi connectivity index (χ3v) is 3.22. The Kier molecular flexibility index (Phi) is 3.39. The number of ether oxygens (including phenoxy) is 3. The quantitative estimate of drug-likeness (QED) is 0.936. The van der Waals surface area contributed by atoms with Crippen molar-refractivity contribution in [3.05, 3.63) is 53.6 Å². The van der Waals surface area contributed by atoms with Crippen LogP contribution in [0.1, 0.15) is 17.4 Å². The summed E-state index contributed by atoms with van der Waals surface area (Å²) in [4.78, 5) is 10.7. The van der Waals surface area contributed by atoms with E-state index in [1.165, 1.54) is 0 Å². The predicted octanol–water partition coefficient (Wildman–Crippen LogP) is 2.79. The fourth-order valence-corrected chi connectivity index (χ4v) is 2.27. The molecule has 0 saturated heterocycles. The molecule has 3 rings (SSSR count). The van der Waals surface area contributed by atoms with Crippen LogP contribution in [-0.4, -0.2) is 18.2 Å². The number of fused-ring (bicyclic) bond motifs is 1. The van der Waals surface area contributed by atoms with Crippen molar-refractivity contribution in [2.24, 2.45) is 0 Å². The molecule has 1 aliphatic rings. The smallest absolute Gasteiger partial charge is 0.307 e. The van der Waals surface area contributed by atoms with Crippen LogP contribution in [0.15, 0.2) is 42.5 Å². The normalized spacial score (nSPS) is 15.8. The molecule has 0 fully saturated rings. The SMILES string of the molecule is COc1ccccc1C1Oc2ccc(CC(=O)O)cc2O1. The number of carboxylic acid groups (broad SMARTS) is 1. The van der Waals surface area contributed by atoms with Gasteiger partial charge in [0, 0.05) is 0 Å². The molecule has 0 radical (unpaired) electrons. The Hall–Kier alpha value is -2.69. The van der Waals surface area contributed by atoms with Gasteiger partial charge in [-0.3, -0.25) is 4.79 Å². The summed E-state index contributed by atoms with van der Waals surface area (Å²) < 4.78 is 16.8. The summed E-state index contributed by atoms with van der Waals surface area (Å²) in [5, 5.41) is 8.83. The second-order valence-electron chi connectivity index (χ2n) is 4.66. The lowest BCUT2D eigenvalue weighted by Gasteiger charge is -2.13. The standard InChI is InChI=1S/C16H14O5/c1-19-12-5-3-2-4-11(12)16-20-13-7-6-10(9-15(17)18)8-14(13)21-16/h2-8,16H,9H2,1H3,(H,17,18). The number of hydrogen-bond donors (Lipinski definition) is 1. The lowest BCUT2D eigenvalue weighted by molar-refractivity contribution is -0.136. The van der Waals surface area contributed by atoms with Crippen molar-refractivity contribution < 1.29 is 24.1 Å². The minimum Gasteiger partial charge on any atom is -0.496 e. The van der Waals surface area contributed by atoms with Gasteiger partial charge in [0.2, 0.25) is 0 Å². The van der Waals surface area contributed by atoms with Gasteiger partial charge in [0.15, 0.2) is 11.5 Å². The number of carboxylic acids is 1. The lowest BCUT2D eigenvalue weighted by atomic mass is 10.1. The van der Waals surface area contributed by atoms with Crippen molar-refractivity contribution in [1.82, 2.24) is 0 Å². The molecule has 0 aromatic heterocycles. The highest BCUT2D eigenvalue weighted by molar-refractivity contribution is 5.70. The molecular formula is C16H14O5. The van der Waals surface area contributed by atoms with Crippen LogP contribution < -0.4 is 14.2 Å². The molecule has 2 aromatic rings. The molecule has 1 heterocycles. The first-order valence-corrected chi connectivity index (χ1v) is 6.48. The monoisotopic (exact) mass is 286 g/mol. The van der Waals surface area contributed by atoms with Crippen LogP contribution in [0.2, 0.25) is 0 Å². The van der Waals surface area contributed by atoms with Crippen LogP contribution in [0.5, 0.6) is 17.2 Å². The Morgan fingerprint density at radius 1 is 1.19 bits per heavy atom. The Labute approximate surface area is 121 Å². The number of methoxy groups -OCH3 is 1. The van der Waals surface area contributed by atoms with Gasteiger partial charge >= 0.3 is 5.97 Å². The summed E-state index contributed by atoms with van der Waals surface area (Å²) in [6.07, 6.45) is -0.632. The van der Waals surface area contributed by atoms with E-state index in [1.807, 2.05) is 24.3 Å². The first kappa shape index (κ1) is 13.3. The lowest BCUT2D eigenvalue weighted by Crippen LogP contribution is -2.09. The summed E-state index contributed by atoms with van der Waals surface area (Å²) in [6, 6.07) is 12.6. The number of benzene rings is 2. The van der Waals surface area contributed by atoms with Crippen LogP contribution >= 0.6 is 0 Å². The first-order chi connectivity index (χ1) is 10.2. The molecular weight excluding hydrogens is 272 g/mol. The van der Waals surface area contributed by atoms with E-state index in [-0.39, 0.29) is 6.42 Å². The average Bonchev–Trinajstić information content (AvgIpc) is 2.89. The van der Waals surface area contributed by atoms with E-state index in [4.69, 9.17) is 19.3 Å². The highest BCUT2D eigenvalue weighted by Crippen LogP contribution is 2.42. The predicted molar refractivity (Wildman–Crippen MR) is 74.8 cm³/mol. The number of aliphatic carboxylic acids is 1. The summed E-state index contributed by atoms with van der Waals surface area (Å²) in [5.41, 5.74) is 1.46. The topological polar surface area (TPSA) is 65.0 Å². The third-order valence-electron chi connectivity index (χ3n) is 3.22. The Balaban J connectivity index is 1.85. The second-order valence-corrected chi connectivity index (χ2v) is 4.66. The maximum Gasteiger partial charge on any atom is 0.307 e. The van der Waals surface area contributed by atoms with Crippen LogP contribution in [0.25, 0.3) is 0 Å². The molecule has 1 aliphatic heterocycles. The molecule has 1 unspecified atom stereocenters.